The summed E-state index contributed by atoms with van der Waals surface area (Å²) in [6.45, 7) is 5.25. The summed E-state index contributed by atoms with van der Waals surface area (Å²) in [6, 6.07) is 5.48. The predicted octanol–water partition coefficient (Wildman–Crippen LogP) is 1.57. The number of hydrogen-bond acceptors (Lipinski definition) is 4. The average Bonchev–Trinajstić information content (AvgIpc) is 2.39. The van der Waals surface area contributed by atoms with Crippen molar-refractivity contribution >= 4 is 17.7 Å². The van der Waals surface area contributed by atoms with E-state index in [1.54, 1.807) is 12.4 Å². The molecule has 2 aromatic heterocycles. The highest BCUT2D eigenvalue weighted by atomic mass is 16.1. The van der Waals surface area contributed by atoms with Gasteiger partial charge >= 0.3 is 0 Å². The zero-order valence-electron chi connectivity index (χ0n) is 10.6. The van der Waals surface area contributed by atoms with Crippen LogP contribution in [0.15, 0.2) is 34.2 Å². The molecule has 18 heavy (non-hydrogen) atoms. The van der Waals surface area contributed by atoms with E-state index in [0.29, 0.717) is 30.1 Å². The lowest BCUT2D eigenvalue weighted by atomic mass is 10.3. The second-order valence-corrected chi connectivity index (χ2v) is 3.77. The van der Waals surface area contributed by atoms with E-state index in [-0.39, 0.29) is 5.56 Å². The van der Waals surface area contributed by atoms with Gasteiger partial charge in [0.1, 0.15) is 17.0 Å². The highest BCUT2D eigenvalue weighted by Crippen LogP contribution is 2.08. The summed E-state index contributed by atoms with van der Waals surface area (Å²) in [5, 5.41) is 3.10. The third-order valence-electron chi connectivity index (χ3n) is 2.52. The van der Waals surface area contributed by atoms with E-state index < -0.39 is 0 Å². The Hall–Kier alpha value is -2.17. The molecule has 0 aliphatic rings. The molecule has 0 aliphatic heterocycles. The normalized spacial score (nSPS) is 11.2. The Morgan fingerprint density at radius 3 is 3.00 bits per heavy atom. The molecule has 2 aromatic rings. The van der Waals surface area contributed by atoms with Crippen molar-refractivity contribution in [3.05, 3.63) is 40.3 Å². The van der Waals surface area contributed by atoms with Crippen LogP contribution >= 0.6 is 0 Å². The van der Waals surface area contributed by atoms with Crippen LogP contribution in [0.1, 0.15) is 19.4 Å². The number of nitrogens with zero attached hydrogens (tertiary/aromatic N) is 3. The molecule has 0 amide bonds. The van der Waals surface area contributed by atoms with Gasteiger partial charge in [0.2, 0.25) is 0 Å². The second-order valence-electron chi connectivity index (χ2n) is 3.77. The average molecular weight is 244 g/mol. The van der Waals surface area contributed by atoms with Crippen LogP contribution in [0, 0.1) is 0 Å². The summed E-state index contributed by atoms with van der Waals surface area (Å²) in [5.41, 5.74) is 1.03. The molecule has 5 heteroatoms. The minimum absolute atomic E-state index is 0.103. The lowest BCUT2D eigenvalue weighted by molar-refractivity contribution is 1.03. The maximum atomic E-state index is 12.3. The topological polar surface area (TPSA) is 58.8 Å². The molecule has 0 radical (unpaired) electrons. The van der Waals surface area contributed by atoms with Gasteiger partial charge in [-0.1, -0.05) is 6.07 Å². The zero-order chi connectivity index (χ0) is 13.0. The summed E-state index contributed by atoms with van der Waals surface area (Å²) in [4.78, 5) is 20.9. The molecule has 5 nitrogen and oxygen atoms in total. The molecule has 0 unspecified atom stereocenters. The van der Waals surface area contributed by atoms with Crippen molar-refractivity contribution < 1.29 is 0 Å². The third kappa shape index (κ3) is 2.25. The van der Waals surface area contributed by atoms with E-state index in [1.807, 2.05) is 32.0 Å². The lowest BCUT2D eigenvalue weighted by Crippen LogP contribution is -2.22. The number of fused-ring (bicyclic) bond motifs is 1. The monoisotopic (exact) mass is 244 g/mol. The molecule has 0 bridgehead atoms. The first-order chi connectivity index (χ1) is 8.77. The van der Waals surface area contributed by atoms with E-state index >= 15 is 0 Å². The lowest BCUT2D eigenvalue weighted by Gasteiger charge is -2.08. The Morgan fingerprint density at radius 1 is 1.44 bits per heavy atom. The van der Waals surface area contributed by atoms with E-state index in [0.717, 1.165) is 0 Å². The fourth-order valence-corrected chi connectivity index (χ4v) is 1.70. The minimum atomic E-state index is -0.103. The molecular formula is C13H16N4O. The van der Waals surface area contributed by atoms with Crippen molar-refractivity contribution in [3.8, 4) is 0 Å². The maximum Gasteiger partial charge on any atom is 0.268 e. The van der Waals surface area contributed by atoms with E-state index in [1.165, 1.54) is 4.40 Å². The van der Waals surface area contributed by atoms with Crippen LogP contribution in [0.5, 0.6) is 0 Å². The van der Waals surface area contributed by atoms with Gasteiger partial charge in [0.05, 0.1) is 0 Å². The van der Waals surface area contributed by atoms with Gasteiger partial charge in [-0.15, -0.1) is 0 Å². The molecule has 0 aliphatic carbocycles. The zero-order valence-corrected chi connectivity index (χ0v) is 10.6. The molecule has 0 spiro atoms. The number of nitrogens with one attached hydrogen (secondary N) is 1. The van der Waals surface area contributed by atoms with Crippen LogP contribution in [0.25, 0.3) is 5.65 Å². The number of pyridine rings is 1. The quantitative estimate of drug-likeness (QED) is 0.830. The molecule has 0 saturated heterocycles. The first-order valence-corrected chi connectivity index (χ1v) is 6.03. The molecule has 0 fully saturated rings. The van der Waals surface area contributed by atoms with Gasteiger partial charge in [-0.2, -0.15) is 0 Å². The van der Waals surface area contributed by atoms with Crippen LogP contribution in [0.2, 0.25) is 0 Å². The van der Waals surface area contributed by atoms with Crippen molar-refractivity contribution in [1.29, 1.82) is 0 Å². The Bertz CT molecular complexity index is 630. The molecule has 94 valence electrons. The standard InChI is InChI=1S/C13H16N4O/c1-3-14-9-10-12(15-4-2)16-11-7-5-6-8-17(11)13(10)18/h5-9,15H,3-4H2,1-2H3. The highest BCUT2D eigenvalue weighted by Gasteiger charge is 2.09. The first-order valence-electron chi connectivity index (χ1n) is 6.03. The number of aromatic nitrogens is 2. The molecule has 1 N–H and O–H groups in total. The molecule has 0 aromatic carbocycles. The second kappa shape index (κ2) is 5.44. The highest BCUT2D eigenvalue weighted by molar-refractivity contribution is 5.86. The number of aliphatic imine (C=N–C) groups is 1. The van der Waals surface area contributed by atoms with Gasteiger partial charge in [0.25, 0.3) is 5.56 Å². The Labute approximate surface area is 105 Å². The summed E-state index contributed by atoms with van der Waals surface area (Å²) < 4.78 is 1.53. The van der Waals surface area contributed by atoms with Gasteiger partial charge in [0.15, 0.2) is 0 Å². The predicted molar refractivity (Wildman–Crippen MR) is 73.8 cm³/mol. The molecule has 2 rings (SSSR count). The van der Waals surface area contributed by atoms with Crippen molar-refractivity contribution in [2.24, 2.45) is 4.99 Å². The summed E-state index contributed by atoms with van der Waals surface area (Å²) in [6.07, 6.45) is 3.30. The fraction of sp³-hybridized carbons (Fsp3) is 0.308. The fourth-order valence-electron chi connectivity index (χ4n) is 1.70. The summed E-state index contributed by atoms with van der Waals surface area (Å²) >= 11 is 0. The van der Waals surface area contributed by atoms with Crippen molar-refractivity contribution in [2.45, 2.75) is 13.8 Å². The smallest absolute Gasteiger partial charge is 0.268 e. The van der Waals surface area contributed by atoms with Crippen molar-refractivity contribution in [1.82, 2.24) is 9.38 Å². The van der Waals surface area contributed by atoms with Crippen LogP contribution in [0.4, 0.5) is 5.82 Å². The first kappa shape index (κ1) is 12.3. The van der Waals surface area contributed by atoms with Gasteiger partial charge in [-0.25, -0.2) is 4.98 Å². The largest absolute Gasteiger partial charge is 0.370 e. The summed E-state index contributed by atoms with van der Waals surface area (Å²) in [7, 11) is 0. The Balaban J connectivity index is 2.71. The molecule has 2 heterocycles. The molecule has 0 saturated carbocycles. The van der Waals surface area contributed by atoms with Gasteiger partial charge < -0.3 is 5.32 Å². The Morgan fingerprint density at radius 2 is 2.28 bits per heavy atom. The van der Waals surface area contributed by atoms with Crippen molar-refractivity contribution in [2.75, 3.05) is 18.4 Å². The minimum Gasteiger partial charge on any atom is -0.370 e. The van der Waals surface area contributed by atoms with Gasteiger partial charge in [-0.3, -0.25) is 14.2 Å². The summed E-state index contributed by atoms with van der Waals surface area (Å²) in [5.74, 6) is 0.589. The number of rotatable bonds is 4. The van der Waals surface area contributed by atoms with Crippen LogP contribution in [-0.4, -0.2) is 28.7 Å². The van der Waals surface area contributed by atoms with Crippen LogP contribution in [0.3, 0.4) is 0 Å². The molecular weight excluding hydrogens is 228 g/mol. The van der Waals surface area contributed by atoms with Crippen molar-refractivity contribution in [3.63, 3.8) is 0 Å². The SMILES string of the molecule is CCN=Cc1c(NCC)nc2ccccn2c1=O. The van der Waals surface area contributed by atoms with Crippen LogP contribution in [-0.2, 0) is 0 Å². The third-order valence-corrected chi connectivity index (χ3v) is 2.52. The molecule has 0 atom stereocenters. The van der Waals surface area contributed by atoms with Crippen LogP contribution < -0.4 is 10.9 Å². The number of hydrogen-bond donors (Lipinski definition) is 1. The van der Waals surface area contributed by atoms with E-state index in [9.17, 15) is 4.79 Å². The Kier molecular flexibility index (Phi) is 3.72. The maximum absolute atomic E-state index is 12.3. The van der Waals surface area contributed by atoms with Gasteiger partial charge in [0, 0.05) is 25.5 Å². The van der Waals surface area contributed by atoms with Gasteiger partial charge in [-0.05, 0) is 26.0 Å². The number of anilines is 1. The van der Waals surface area contributed by atoms with E-state index in [4.69, 9.17) is 0 Å². The van der Waals surface area contributed by atoms with E-state index in [2.05, 4.69) is 15.3 Å².